The number of rotatable bonds is 11. The summed E-state index contributed by atoms with van der Waals surface area (Å²) >= 11 is 5.98. The number of halogens is 1. The van der Waals surface area contributed by atoms with Gasteiger partial charge in [0.1, 0.15) is 11.4 Å². The Morgan fingerprint density at radius 2 is 2.14 bits per heavy atom. The molecule has 188 valence electrons. The van der Waals surface area contributed by atoms with Gasteiger partial charge in [0.25, 0.3) is 0 Å². The van der Waals surface area contributed by atoms with Gasteiger partial charge in [0, 0.05) is 47.9 Å². The highest BCUT2D eigenvalue weighted by Crippen LogP contribution is 2.24. The lowest BCUT2D eigenvalue weighted by Crippen LogP contribution is -2.34. The molecule has 1 aliphatic heterocycles. The number of allylic oxidation sites excluding steroid dienone is 1. The molecule has 2 N–H and O–H groups in total. The summed E-state index contributed by atoms with van der Waals surface area (Å²) in [5, 5.41) is 14.0. The number of anilines is 1. The number of nitrogens with one attached hydrogen (secondary N) is 1. The van der Waals surface area contributed by atoms with Crippen molar-refractivity contribution in [2.45, 2.75) is 45.1 Å². The Balaban J connectivity index is 1.20. The van der Waals surface area contributed by atoms with Crippen molar-refractivity contribution in [3.8, 4) is 0 Å². The summed E-state index contributed by atoms with van der Waals surface area (Å²) in [6.07, 6.45) is 7.87. The Hall–Kier alpha value is -2.61. The molecule has 8 heteroatoms. The Bertz CT molecular complexity index is 1110. The highest BCUT2D eigenvalue weighted by Gasteiger charge is 2.29. The van der Waals surface area contributed by atoms with E-state index >= 15 is 0 Å². The van der Waals surface area contributed by atoms with E-state index in [-0.39, 0.29) is 17.6 Å². The summed E-state index contributed by atoms with van der Waals surface area (Å²) in [5.74, 6) is 0.000184. The Morgan fingerprint density at radius 1 is 1.29 bits per heavy atom. The van der Waals surface area contributed by atoms with E-state index < -0.39 is 6.10 Å². The average Bonchev–Trinajstić information content (AvgIpc) is 3.50. The highest BCUT2D eigenvalue weighted by molar-refractivity contribution is 6.30. The molecule has 2 aliphatic rings. The van der Waals surface area contributed by atoms with Crippen LogP contribution in [0.5, 0.6) is 0 Å². The van der Waals surface area contributed by atoms with Gasteiger partial charge in [0.2, 0.25) is 5.91 Å². The van der Waals surface area contributed by atoms with E-state index in [2.05, 4.69) is 34.2 Å². The summed E-state index contributed by atoms with van der Waals surface area (Å²) in [6.45, 7) is 5.64. The average molecular weight is 500 g/mol. The van der Waals surface area contributed by atoms with Gasteiger partial charge < -0.3 is 19.7 Å². The van der Waals surface area contributed by atoms with E-state index in [1.165, 1.54) is 0 Å². The Morgan fingerprint density at radius 3 is 2.94 bits per heavy atom. The number of likely N-dealkylation sites (tertiary alicyclic amines) is 1. The van der Waals surface area contributed by atoms with Crippen LogP contribution in [-0.4, -0.2) is 60.5 Å². The van der Waals surface area contributed by atoms with Crippen LogP contribution in [0.15, 0.2) is 57.8 Å². The number of carbonyl (C=O) groups excluding carboxylic acids is 2. The number of furan rings is 1. The maximum absolute atomic E-state index is 12.6. The van der Waals surface area contributed by atoms with Crippen LogP contribution in [0.25, 0.3) is 11.0 Å². The first-order valence-corrected chi connectivity index (χ1v) is 12.8. The molecule has 1 fully saturated rings. The van der Waals surface area contributed by atoms with E-state index in [0.717, 1.165) is 55.6 Å². The maximum Gasteiger partial charge on any atom is 0.228 e. The van der Waals surface area contributed by atoms with Gasteiger partial charge in [0.15, 0.2) is 0 Å². The van der Waals surface area contributed by atoms with Crippen molar-refractivity contribution < 1.29 is 19.1 Å². The van der Waals surface area contributed by atoms with E-state index in [9.17, 15) is 14.7 Å². The van der Waals surface area contributed by atoms with Crippen LogP contribution in [0.4, 0.5) is 5.69 Å². The first kappa shape index (κ1) is 25.5. The normalized spacial score (nSPS) is 20.5. The first-order chi connectivity index (χ1) is 16.9. The Kier molecular flexibility index (Phi) is 8.65. The van der Waals surface area contributed by atoms with Crippen molar-refractivity contribution in [3.05, 3.63) is 53.4 Å². The molecule has 0 radical (unpaired) electrons. The van der Waals surface area contributed by atoms with Gasteiger partial charge in [0.05, 0.1) is 24.8 Å². The third-order valence-electron chi connectivity index (χ3n) is 6.66. The molecule has 0 spiro atoms. The van der Waals surface area contributed by atoms with Gasteiger partial charge in [-0.05, 0) is 62.6 Å². The summed E-state index contributed by atoms with van der Waals surface area (Å²) in [5.41, 5.74) is 2.66. The lowest BCUT2D eigenvalue weighted by molar-refractivity contribution is -0.124. The summed E-state index contributed by atoms with van der Waals surface area (Å²) in [4.78, 5) is 29.7. The van der Waals surface area contributed by atoms with Crippen molar-refractivity contribution in [1.82, 2.24) is 10.2 Å². The van der Waals surface area contributed by atoms with Crippen LogP contribution < -0.4 is 10.2 Å². The number of fused-ring (bicyclic) bond motifs is 1. The number of ketones is 1. The first-order valence-electron chi connectivity index (χ1n) is 12.5. The van der Waals surface area contributed by atoms with E-state index in [1.54, 1.807) is 18.4 Å². The third-order valence-corrected chi connectivity index (χ3v) is 7.02. The second-order valence-electron chi connectivity index (χ2n) is 9.42. The number of hydrogen-bond acceptors (Lipinski definition) is 6. The lowest BCUT2D eigenvalue weighted by Gasteiger charge is -2.24. The Labute approximate surface area is 211 Å². The number of benzene rings is 1. The highest BCUT2D eigenvalue weighted by atomic mass is 35.5. The number of hydrogen-bond donors (Lipinski definition) is 2. The molecule has 1 amide bonds. The minimum Gasteiger partial charge on any atom is -0.464 e. The molecule has 2 heterocycles. The second-order valence-corrected chi connectivity index (χ2v) is 9.86. The standard InChI is InChI=1S/C27H34ClN3O4/c1-2-11-31(22-6-8-26-19(15-22)10-14-35-26)12-3-4-23(32)18-30-13-9-20(17-30)27(34)29-21-5-7-25(33)24(28)16-21/h5-6,8,10,14-16,20,25,33H,2-4,7,9,11-13,17-18H2,1H3,(H,29,34)/t20-,25?/m1/s1. The molecular formula is C27H34ClN3O4. The predicted octanol–water partition coefficient (Wildman–Crippen LogP) is 4.21. The zero-order valence-corrected chi connectivity index (χ0v) is 21.0. The van der Waals surface area contributed by atoms with Crippen LogP contribution >= 0.6 is 11.6 Å². The van der Waals surface area contributed by atoms with Crippen LogP contribution in [0.1, 0.15) is 39.0 Å². The fourth-order valence-corrected chi connectivity index (χ4v) is 4.97. The van der Waals surface area contributed by atoms with Crippen LogP contribution in [0.3, 0.4) is 0 Å². The zero-order chi connectivity index (χ0) is 24.8. The molecule has 0 saturated carbocycles. The molecule has 7 nitrogen and oxygen atoms in total. The van der Waals surface area contributed by atoms with Gasteiger partial charge in [-0.2, -0.15) is 0 Å². The molecule has 2 atom stereocenters. The van der Waals surface area contributed by atoms with E-state index in [4.69, 9.17) is 16.0 Å². The number of amides is 1. The van der Waals surface area contributed by atoms with Crippen molar-refractivity contribution in [2.75, 3.05) is 37.6 Å². The minimum atomic E-state index is -0.695. The van der Waals surface area contributed by atoms with Crippen molar-refractivity contribution in [2.24, 2.45) is 5.92 Å². The van der Waals surface area contributed by atoms with Gasteiger partial charge >= 0.3 is 0 Å². The van der Waals surface area contributed by atoms with Crippen molar-refractivity contribution in [1.29, 1.82) is 0 Å². The molecule has 1 aromatic heterocycles. The van der Waals surface area contributed by atoms with E-state index in [1.807, 2.05) is 12.1 Å². The quantitative estimate of drug-likeness (QED) is 0.481. The molecule has 1 saturated heterocycles. The van der Waals surface area contributed by atoms with Gasteiger partial charge in [-0.3, -0.25) is 14.5 Å². The SMILES string of the molecule is CCCN(CCCC(=O)CN1CC[C@@H](C(=O)NC2=CCC(O)C(Cl)=C2)C1)c1ccc2occc2c1. The van der Waals surface area contributed by atoms with Gasteiger partial charge in [-0.25, -0.2) is 0 Å². The topological polar surface area (TPSA) is 86.0 Å². The molecule has 1 aromatic carbocycles. The summed E-state index contributed by atoms with van der Waals surface area (Å²) in [6, 6.07) is 8.19. The van der Waals surface area contributed by atoms with Gasteiger partial charge in [-0.1, -0.05) is 24.6 Å². The lowest BCUT2D eigenvalue weighted by atomic mass is 10.1. The molecule has 35 heavy (non-hydrogen) atoms. The number of aliphatic hydroxyl groups excluding tert-OH is 1. The molecule has 1 aliphatic carbocycles. The molecule has 2 aromatic rings. The summed E-state index contributed by atoms with van der Waals surface area (Å²) in [7, 11) is 0. The van der Waals surface area contributed by atoms with Crippen LogP contribution in [0.2, 0.25) is 0 Å². The van der Waals surface area contributed by atoms with E-state index in [0.29, 0.717) is 36.7 Å². The smallest absolute Gasteiger partial charge is 0.228 e. The minimum absolute atomic E-state index is 0.0619. The maximum atomic E-state index is 12.6. The monoisotopic (exact) mass is 499 g/mol. The number of Topliss-reactive ketones (excluding diaryl/α,β-unsaturated/α-hetero) is 1. The fourth-order valence-electron chi connectivity index (χ4n) is 4.76. The predicted molar refractivity (Wildman–Crippen MR) is 138 cm³/mol. The van der Waals surface area contributed by atoms with Crippen molar-refractivity contribution in [3.63, 3.8) is 0 Å². The second kappa shape index (κ2) is 11.9. The van der Waals surface area contributed by atoms with Crippen LogP contribution in [-0.2, 0) is 9.59 Å². The molecular weight excluding hydrogens is 466 g/mol. The third kappa shape index (κ3) is 6.75. The molecule has 4 rings (SSSR count). The van der Waals surface area contributed by atoms with Gasteiger partial charge in [-0.15, -0.1) is 0 Å². The van der Waals surface area contributed by atoms with Crippen molar-refractivity contribution >= 4 is 39.9 Å². The summed E-state index contributed by atoms with van der Waals surface area (Å²) < 4.78 is 5.44. The molecule has 0 bridgehead atoms. The van der Waals surface area contributed by atoms with Crippen LogP contribution in [0, 0.1) is 5.92 Å². The zero-order valence-electron chi connectivity index (χ0n) is 20.2. The number of carbonyl (C=O) groups is 2. The fraction of sp³-hybridized carbons (Fsp3) is 0.481. The largest absolute Gasteiger partial charge is 0.464 e. The molecule has 1 unspecified atom stereocenters. The number of nitrogens with zero attached hydrogens (tertiary/aromatic N) is 2. The number of aliphatic hydroxyl groups is 1.